The first-order valence-corrected chi connectivity index (χ1v) is 10.3. The average molecular weight is 426 g/mol. The van der Waals surface area contributed by atoms with E-state index in [-0.39, 0.29) is 11.9 Å². The number of halogens is 1. The zero-order valence-corrected chi connectivity index (χ0v) is 17.8. The van der Waals surface area contributed by atoms with Crippen molar-refractivity contribution < 1.29 is 13.9 Å². The molecule has 4 rings (SSSR count). The summed E-state index contributed by atoms with van der Waals surface area (Å²) < 4.78 is 25.6. The molecule has 0 radical (unpaired) electrons. The van der Waals surface area contributed by atoms with E-state index in [0.717, 1.165) is 49.0 Å². The average Bonchev–Trinajstić information content (AvgIpc) is 3.27. The van der Waals surface area contributed by atoms with Crippen LogP contribution in [0.15, 0.2) is 48.5 Å². The highest BCUT2D eigenvalue weighted by atomic mass is 19.1. The molecular weight excluding hydrogens is 399 g/mol. The van der Waals surface area contributed by atoms with Gasteiger partial charge in [0, 0.05) is 39.0 Å². The van der Waals surface area contributed by atoms with E-state index in [9.17, 15) is 4.39 Å². The van der Waals surface area contributed by atoms with E-state index in [1.54, 1.807) is 14.2 Å². The number of anilines is 1. The Morgan fingerprint density at radius 2 is 1.68 bits per heavy atom. The SMILES string of the molecule is COCCn1nnnc1C(c1ccc(OC)cc1)N1CCN(c2ccc(F)cc2)CC1. The van der Waals surface area contributed by atoms with Gasteiger partial charge in [0.1, 0.15) is 11.6 Å². The van der Waals surface area contributed by atoms with Crippen molar-refractivity contribution in [3.05, 3.63) is 65.7 Å². The monoisotopic (exact) mass is 426 g/mol. The first-order chi connectivity index (χ1) is 15.2. The summed E-state index contributed by atoms with van der Waals surface area (Å²) in [5.41, 5.74) is 2.14. The summed E-state index contributed by atoms with van der Waals surface area (Å²) in [7, 11) is 3.33. The molecule has 0 aliphatic carbocycles. The van der Waals surface area contributed by atoms with Crippen LogP contribution in [-0.2, 0) is 11.3 Å². The molecule has 9 heteroatoms. The van der Waals surface area contributed by atoms with Gasteiger partial charge >= 0.3 is 0 Å². The highest BCUT2D eigenvalue weighted by Gasteiger charge is 2.30. The van der Waals surface area contributed by atoms with Crippen molar-refractivity contribution in [3.8, 4) is 5.75 Å². The second kappa shape index (κ2) is 9.84. The number of piperazine rings is 1. The summed E-state index contributed by atoms with van der Waals surface area (Å²) in [4.78, 5) is 4.66. The maximum atomic E-state index is 13.3. The van der Waals surface area contributed by atoms with Crippen LogP contribution >= 0.6 is 0 Å². The number of nitrogens with zero attached hydrogens (tertiary/aromatic N) is 6. The molecule has 1 aliphatic rings. The Morgan fingerprint density at radius 1 is 0.968 bits per heavy atom. The molecular formula is C22H27FN6O2. The largest absolute Gasteiger partial charge is 0.497 e. The summed E-state index contributed by atoms with van der Waals surface area (Å²) >= 11 is 0. The molecule has 1 fully saturated rings. The van der Waals surface area contributed by atoms with Crippen LogP contribution in [0, 0.1) is 5.82 Å². The van der Waals surface area contributed by atoms with Crippen LogP contribution in [0.25, 0.3) is 0 Å². The third kappa shape index (κ3) is 4.83. The molecule has 1 atom stereocenters. The number of benzene rings is 2. The Labute approximate surface area is 181 Å². The predicted molar refractivity (Wildman–Crippen MR) is 115 cm³/mol. The minimum absolute atomic E-state index is 0.0897. The van der Waals surface area contributed by atoms with Crippen LogP contribution in [0.1, 0.15) is 17.4 Å². The van der Waals surface area contributed by atoms with Gasteiger partial charge in [0.15, 0.2) is 5.82 Å². The Kier molecular flexibility index (Phi) is 6.73. The standard InChI is InChI=1S/C22H27FN6O2/c1-30-16-15-29-22(24-25-26-29)21(17-3-9-20(31-2)10-4-17)28-13-11-27(12-14-28)19-7-5-18(23)6-8-19/h3-10,21H,11-16H2,1-2H3. The highest BCUT2D eigenvalue weighted by Crippen LogP contribution is 2.30. The molecule has 3 aromatic rings. The van der Waals surface area contributed by atoms with Crippen molar-refractivity contribution in [1.29, 1.82) is 0 Å². The minimum Gasteiger partial charge on any atom is -0.497 e. The number of ether oxygens (including phenoxy) is 2. The second-order valence-electron chi connectivity index (χ2n) is 7.43. The van der Waals surface area contributed by atoms with Gasteiger partial charge < -0.3 is 14.4 Å². The van der Waals surface area contributed by atoms with Crippen molar-refractivity contribution >= 4 is 5.69 Å². The number of aromatic nitrogens is 4. The van der Waals surface area contributed by atoms with Crippen molar-refractivity contribution in [2.45, 2.75) is 12.6 Å². The Morgan fingerprint density at radius 3 is 2.32 bits per heavy atom. The number of methoxy groups -OCH3 is 2. The lowest BCUT2D eigenvalue weighted by atomic mass is 10.0. The van der Waals surface area contributed by atoms with E-state index in [1.165, 1.54) is 12.1 Å². The number of tetrazole rings is 1. The summed E-state index contributed by atoms with van der Waals surface area (Å²) in [5.74, 6) is 1.38. The summed E-state index contributed by atoms with van der Waals surface area (Å²) in [6.07, 6.45) is 0. The maximum absolute atomic E-state index is 13.3. The van der Waals surface area contributed by atoms with Crippen molar-refractivity contribution in [2.24, 2.45) is 0 Å². The van der Waals surface area contributed by atoms with Crippen molar-refractivity contribution in [1.82, 2.24) is 25.1 Å². The van der Waals surface area contributed by atoms with Gasteiger partial charge in [-0.1, -0.05) is 12.1 Å². The van der Waals surface area contributed by atoms with E-state index in [1.807, 2.05) is 28.9 Å². The number of hydrogen-bond donors (Lipinski definition) is 0. The van der Waals surface area contributed by atoms with E-state index in [0.29, 0.717) is 13.2 Å². The molecule has 0 spiro atoms. The van der Waals surface area contributed by atoms with Crippen LogP contribution in [0.2, 0.25) is 0 Å². The molecule has 8 nitrogen and oxygen atoms in total. The van der Waals surface area contributed by atoms with Crippen LogP contribution in [0.3, 0.4) is 0 Å². The topological polar surface area (TPSA) is 68.5 Å². The highest BCUT2D eigenvalue weighted by molar-refractivity contribution is 5.46. The summed E-state index contributed by atoms with van der Waals surface area (Å²) in [6, 6.07) is 14.6. The van der Waals surface area contributed by atoms with Gasteiger partial charge in [-0.2, -0.15) is 0 Å². The Bertz CT molecular complexity index is 955. The molecule has 1 saturated heterocycles. The predicted octanol–water partition coefficient (Wildman–Crippen LogP) is 2.38. The van der Waals surface area contributed by atoms with Gasteiger partial charge in [0.2, 0.25) is 0 Å². The fraction of sp³-hybridized carbons (Fsp3) is 0.409. The Hall–Kier alpha value is -3.04. The first kappa shape index (κ1) is 21.2. The van der Waals surface area contributed by atoms with Gasteiger partial charge in [-0.3, -0.25) is 4.90 Å². The molecule has 1 aliphatic heterocycles. The number of hydrogen-bond acceptors (Lipinski definition) is 7. The van der Waals surface area contributed by atoms with E-state index in [2.05, 4.69) is 37.5 Å². The fourth-order valence-corrected chi connectivity index (χ4v) is 3.94. The molecule has 31 heavy (non-hydrogen) atoms. The van der Waals surface area contributed by atoms with E-state index < -0.39 is 0 Å². The molecule has 2 aromatic carbocycles. The first-order valence-electron chi connectivity index (χ1n) is 10.3. The summed E-state index contributed by atoms with van der Waals surface area (Å²) in [6.45, 7) is 4.43. The van der Waals surface area contributed by atoms with Crippen LogP contribution < -0.4 is 9.64 Å². The Balaban J connectivity index is 1.57. The van der Waals surface area contributed by atoms with Gasteiger partial charge in [0.25, 0.3) is 0 Å². The lowest BCUT2D eigenvalue weighted by Gasteiger charge is -2.40. The third-order valence-corrected chi connectivity index (χ3v) is 5.61. The second-order valence-corrected chi connectivity index (χ2v) is 7.43. The molecule has 1 aromatic heterocycles. The lowest BCUT2D eigenvalue weighted by Crippen LogP contribution is -2.48. The van der Waals surface area contributed by atoms with Crippen LogP contribution in [0.5, 0.6) is 5.75 Å². The molecule has 164 valence electrons. The molecule has 2 heterocycles. The lowest BCUT2D eigenvalue weighted by molar-refractivity contribution is 0.171. The smallest absolute Gasteiger partial charge is 0.173 e. The summed E-state index contributed by atoms with van der Waals surface area (Å²) in [5, 5.41) is 12.5. The normalized spacial score (nSPS) is 15.8. The van der Waals surface area contributed by atoms with E-state index >= 15 is 0 Å². The quantitative estimate of drug-likeness (QED) is 0.548. The van der Waals surface area contributed by atoms with Gasteiger partial charge in [-0.05, 0) is 52.4 Å². The van der Waals surface area contributed by atoms with E-state index in [4.69, 9.17) is 9.47 Å². The minimum atomic E-state index is -0.218. The van der Waals surface area contributed by atoms with Crippen molar-refractivity contribution in [3.63, 3.8) is 0 Å². The third-order valence-electron chi connectivity index (χ3n) is 5.61. The zero-order valence-electron chi connectivity index (χ0n) is 17.8. The van der Waals surface area contributed by atoms with Crippen LogP contribution in [0.4, 0.5) is 10.1 Å². The zero-order chi connectivity index (χ0) is 21.6. The van der Waals surface area contributed by atoms with Gasteiger partial charge in [-0.25, -0.2) is 9.07 Å². The molecule has 0 amide bonds. The number of rotatable bonds is 8. The molecule has 1 unspecified atom stereocenters. The van der Waals surface area contributed by atoms with Gasteiger partial charge in [-0.15, -0.1) is 5.10 Å². The molecule has 0 bridgehead atoms. The maximum Gasteiger partial charge on any atom is 0.173 e. The fourth-order valence-electron chi connectivity index (χ4n) is 3.94. The molecule has 0 saturated carbocycles. The van der Waals surface area contributed by atoms with Gasteiger partial charge in [0.05, 0.1) is 26.3 Å². The molecule has 0 N–H and O–H groups in total. The van der Waals surface area contributed by atoms with Crippen LogP contribution in [-0.4, -0.2) is 72.1 Å². The van der Waals surface area contributed by atoms with Crippen molar-refractivity contribution in [2.75, 3.05) is 51.9 Å².